The number of hydrogen-bond donors (Lipinski definition) is 2. The Bertz CT molecular complexity index is 1040. The highest BCUT2D eigenvalue weighted by molar-refractivity contribution is 5.90. The maximum Gasteiger partial charge on any atom is 0.339 e. The fraction of sp³-hybridized carbons (Fsp3) is 0.368. The van der Waals surface area contributed by atoms with Crippen LogP contribution in [-0.4, -0.2) is 27.7 Å². The number of amides is 1. The van der Waals surface area contributed by atoms with Crippen LogP contribution in [0.4, 0.5) is 5.95 Å². The molecule has 0 radical (unpaired) electrons. The van der Waals surface area contributed by atoms with Crippen molar-refractivity contribution in [1.29, 1.82) is 0 Å². The topological polar surface area (TPSA) is 110 Å². The van der Waals surface area contributed by atoms with Gasteiger partial charge in [0, 0.05) is 23.4 Å². The number of aromatic nitrogens is 3. The number of rotatable bonds is 6. The van der Waals surface area contributed by atoms with Gasteiger partial charge in [-0.15, -0.1) is 5.10 Å². The highest BCUT2D eigenvalue weighted by atomic mass is 16.5. The Hall–Kier alpha value is -3.16. The Morgan fingerprint density at radius 3 is 2.81 bits per heavy atom. The molecule has 0 bridgehead atoms. The van der Waals surface area contributed by atoms with Crippen molar-refractivity contribution in [2.75, 3.05) is 11.9 Å². The van der Waals surface area contributed by atoms with Crippen LogP contribution in [0.15, 0.2) is 27.4 Å². The van der Waals surface area contributed by atoms with Gasteiger partial charge in [0.25, 0.3) is 5.91 Å². The summed E-state index contributed by atoms with van der Waals surface area (Å²) in [7, 11) is 0. The third-order valence-electron chi connectivity index (χ3n) is 4.18. The number of nitrogens with one attached hydrogen (secondary N) is 2. The van der Waals surface area contributed by atoms with Gasteiger partial charge in [0.15, 0.2) is 6.61 Å². The molecule has 8 nitrogen and oxygen atoms in total. The van der Waals surface area contributed by atoms with E-state index in [0.29, 0.717) is 22.8 Å². The van der Waals surface area contributed by atoms with Crippen molar-refractivity contribution in [1.82, 2.24) is 15.2 Å². The van der Waals surface area contributed by atoms with Gasteiger partial charge in [0.05, 0.1) is 0 Å². The minimum Gasteiger partial charge on any atom is -0.484 e. The van der Waals surface area contributed by atoms with Crippen molar-refractivity contribution in [2.45, 2.75) is 34.1 Å². The first-order valence-corrected chi connectivity index (χ1v) is 8.71. The second-order valence-corrected chi connectivity index (χ2v) is 6.84. The first-order chi connectivity index (χ1) is 12.8. The van der Waals surface area contributed by atoms with Gasteiger partial charge in [-0.2, -0.15) is 4.98 Å². The second-order valence-electron chi connectivity index (χ2n) is 6.84. The zero-order chi connectivity index (χ0) is 19.6. The lowest BCUT2D eigenvalue weighted by atomic mass is 10.1. The molecule has 27 heavy (non-hydrogen) atoms. The summed E-state index contributed by atoms with van der Waals surface area (Å²) in [4.78, 5) is 28.1. The largest absolute Gasteiger partial charge is 0.484 e. The van der Waals surface area contributed by atoms with E-state index in [2.05, 4.69) is 34.3 Å². The van der Waals surface area contributed by atoms with Gasteiger partial charge in [-0.25, -0.2) is 4.79 Å². The zero-order valence-corrected chi connectivity index (χ0v) is 15.8. The van der Waals surface area contributed by atoms with Crippen molar-refractivity contribution in [3.63, 3.8) is 0 Å². The monoisotopic (exact) mass is 370 g/mol. The number of nitrogens with zero attached hydrogens (tertiary/aromatic N) is 2. The minimum absolute atomic E-state index is 0.214. The molecule has 0 aliphatic carbocycles. The zero-order valence-electron chi connectivity index (χ0n) is 15.8. The molecule has 1 aromatic carbocycles. The molecule has 1 amide bonds. The molecule has 3 rings (SSSR count). The van der Waals surface area contributed by atoms with Gasteiger partial charge in [0.1, 0.15) is 17.2 Å². The summed E-state index contributed by atoms with van der Waals surface area (Å²) < 4.78 is 10.8. The lowest BCUT2D eigenvalue weighted by molar-refractivity contribution is -0.118. The van der Waals surface area contributed by atoms with Crippen LogP contribution in [0.5, 0.6) is 5.75 Å². The van der Waals surface area contributed by atoms with E-state index in [9.17, 15) is 9.59 Å². The van der Waals surface area contributed by atoms with Gasteiger partial charge in [-0.05, 0) is 37.5 Å². The molecule has 0 aliphatic rings. The Morgan fingerprint density at radius 1 is 1.30 bits per heavy atom. The van der Waals surface area contributed by atoms with E-state index < -0.39 is 0 Å². The number of fused-ring (bicyclic) bond motifs is 1. The molecule has 0 saturated carbocycles. The molecule has 142 valence electrons. The number of benzene rings is 1. The summed E-state index contributed by atoms with van der Waals surface area (Å²) in [5.41, 5.74) is 1.50. The van der Waals surface area contributed by atoms with Crippen LogP contribution < -0.4 is 15.7 Å². The molecule has 8 heteroatoms. The van der Waals surface area contributed by atoms with Crippen LogP contribution in [-0.2, 0) is 11.2 Å². The van der Waals surface area contributed by atoms with E-state index in [1.165, 1.54) is 0 Å². The minimum atomic E-state index is -0.383. The highest BCUT2D eigenvalue weighted by Crippen LogP contribution is 2.23. The average molecular weight is 370 g/mol. The molecular weight excluding hydrogens is 348 g/mol. The molecule has 2 N–H and O–H groups in total. The SMILES string of the molecule is Cc1c(C)c2ccc(OCC(=O)Nc3n[nH]c(CC(C)C)n3)cc2oc1=O. The molecule has 0 spiro atoms. The Kier molecular flexibility index (Phi) is 5.25. The van der Waals surface area contributed by atoms with Gasteiger partial charge in [-0.3, -0.25) is 15.2 Å². The number of ether oxygens (including phenoxy) is 1. The molecule has 0 fully saturated rings. The summed E-state index contributed by atoms with van der Waals surface area (Å²) in [6.07, 6.45) is 0.751. The molecule has 3 aromatic rings. The molecule has 0 aliphatic heterocycles. The Labute approximate surface area is 155 Å². The van der Waals surface area contributed by atoms with Crippen LogP contribution in [0.1, 0.15) is 30.8 Å². The molecule has 2 heterocycles. The number of hydrogen-bond acceptors (Lipinski definition) is 6. The molecule has 0 atom stereocenters. The van der Waals surface area contributed by atoms with Crippen molar-refractivity contribution < 1.29 is 13.9 Å². The summed E-state index contributed by atoms with van der Waals surface area (Å²) >= 11 is 0. The fourth-order valence-corrected chi connectivity index (χ4v) is 2.66. The van der Waals surface area contributed by atoms with E-state index in [-0.39, 0.29) is 24.1 Å². The number of aryl methyl sites for hydroxylation is 1. The van der Waals surface area contributed by atoms with Crippen LogP contribution >= 0.6 is 0 Å². The molecular formula is C19H22N4O4. The van der Waals surface area contributed by atoms with Crippen molar-refractivity contribution in [3.8, 4) is 5.75 Å². The van der Waals surface area contributed by atoms with Crippen LogP contribution in [0.3, 0.4) is 0 Å². The Balaban J connectivity index is 1.64. The first-order valence-electron chi connectivity index (χ1n) is 8.71. The van der Waals surface area contributed by atoms with Crippen molar-refractivity contribution >= 4 is 22.8 Å². The van der Waals surface area contributed by atoms with Crippen molar-refractivity contribution in [2.24, 2.45) is 5.92 Å². The number of anilines is 1. The van der Waals surface area contributed by atoms with Gasteiger partial charge >= 0.3 is 5.63 Å². The number of aromatic amines is 1. The summed E-state index contributed by atoms with van der Waals surface area (Å²) in [6.45, 7) is 7.53. The smallest absolute Gasteiger partial charge is 0.339 e. The van der Waals surface area contributed by atoms with Crippen LogP contribution in [0.25, 0.3) is 11.0 Å². The number of carbonyl (C=O) groups is 1. The number of carbonyl (C=O) groups excluding carboxylic acids is 1. The van der Waals surface area contributed by atoms with E-state index >= 15 is 0 Å². The van der Waals surface area contributed by atoms with Crippen molar-refractivity contribution in [3.05, 3.63) is 45.6 Å². The third kappa shape index (κ3) is 4.33. The van der Waals surface area contributed by atoms with E-state index in [4.69, 9.17) is 9.15 Å². The van der Waals surface area contributed by atoms with Gasteiger partial charge in [-0.1, -0.05) is 13.8 Å². The van der Waals surface area contributed by atoms with E-state index in [0.717, 1.165) is 23.2 Å². The summed E-state index contributed by atoms with van der Waals surface area (Å²) in [6, 6.07) is 5.14. The maximum atomic E-state index is 12.0. The second kappa shape index (κ2) is 7.61. The molecule has 0 saturated heterocycles. The number of H-pyrrole nitrogens is 1. The van der Waals surface area contributed by atoms with Crippen LogP contribution in [0, 0.1) is 19.8 Å². The third-order valence-corrected chi connectivity index (χ3v) is 4.18. The van der Waals surface area contributed by atoms with E-state index in [1.54, 1.807) is 25.1 Å². The lowest BCUT2D eigenvalue weighted by Gasteiger charge is -2.08. The lowest BCUT2D eigenvalue weighted by Crippen LogP contribution is -2.21. The molecule has 2 aromatic heterocycles. The predicted octanol–water partition coefficient (Wildman–Crippen LogP) is 2.74. The van der Waals surface area contributed by atoms with Gasteiger partial charge < -0.3 is 9.15 Å². The maximum absolute atomic E-state index is 12.0. The summed E-state index contributed by atoms with van der Waals surface area (Å²) in [5.74, 6) is 1.42. The quantitative estimate of drug-likeness (QED) is 0.646. The standard InChI is InChI=1S/C19H22N4O4/c1-10(2)7-16-20-19(23-22-16)21-17(24)9-26-13-5-6-14-11(3)12(4)18(25)27-15(14)8-13/h5-6,8,10H,7,9H2,1-4H3,(H2,20,21,22,23,24). The predicted molar refractivity (Wildman–Crippen MR) is 101 cm³/mol. The Morgan fingerprint density at radius 2 is 2.07 bits per heavy atom. The normalized spacial score (nSPS) is 11.1. The summed E-state index contributed by atoms with van der Waals surface area (Å²) in [5, 5.41) is 10.2. The first kappa shape index (κ1) is 18.6. The van der Waals surface area contributed by atoms with Gasteiger partial charge in [0.2, 0.25) is 5.95 Å². The highest BCUT2D eigenvalue weighted by Gasteiger charge is 2.11. The van der Waals surface area contributed by atoms with Crippen LogP contribution in [0.2, 0.25) is 0 Å². The van der Waals surface area contributed by atoms with E-state index in [1.807, 2.05) is 6.92 Å². The average Bonchev–Trinajstić information content (AvgIpc) is 3.03. The fourth-order valence-electron chi connectivity index (χ4n) is 2.66. The molecule has 0 unspecified atom stereocenters.